The second-order valence-corrected chi connectivity index (χ2v) is 9.10. The molecule has 6 nitrogen and oxygen atoms in total. The normalized spacial score (nSPS) is 12.1. The van der Waals surface area contributed by atoms with Crippen molar-refractivity contribution in [1.82, 2.24) is 0 Å². The van der Waals surface area contributed by atoms with Gasteiger partial charge in [0.1, 0.15) is 5.75 Å². The monoisotopic (exact) mass is 400 g/mol. The lowest BCUT2D eigenvalue weighted by atomic mass is 10.1. The van der Waals surface area contributed by atoms with Crippen molar-refractivity contribution >= 4 is 16.1 Å². The van der Waals surface area contributed by atoms with Crippen molar-refractivity contribution in [3.05, 3.63) is 24.3 Å². The standard InChI is InChI=1S/C20H33NO5S/c1-4-5-6-7-8-9-16-21(2,3)17-10-11-20(22)26-18-12-14-19(15-13-18)27(23,24)25/h12-15H,4-11,16-17H2,1-3H3/p+1. The minimum absolute atomic E-state index is 0.226. The number of rotatable bonds is 13. The Kier molecular flexibility index (Phi) is 9.98. The molecule has 7 heteroatoms. The molecule has 0 saturated heterocycles. The largest absolute Gasteiger partial charge is 0.427 e. The van der Waals surface area contributed by atoms with E-state index in [1.165, 1.54) is 62.8 Å². The number of quaternary nitrogens is 1. The zero-order valence-corrected chi connectivity index (χ0v) is 17.6. The van der Waals surface area contributed by atoms with E-state index in [4.69, 9.17) is 9.29 Å². The number of unbranched alkanes of at least 4 members (excludes halogenated alkanes) is 5. The predicted molar refractivity (Wildman–Crippen MR) is 106 cm³/mol. The summed E-state index contributed by atoms with van der Waals surface area (Å²) in [6.07, 6.45) is 8.74. The molecule has 0 aliphatic heterocycles. The molecular formula is C20H34NO5S+. The Morgan fingerprint density at radius 3 is 2.11 bits per heavy atom. The summed E-state index contributed by atoms with van der Waals surface area (Å²) in [6, 6.07) is 5.13. The van der Waals surface area contributed by atoms with Crippen LogP contribution in [0.4, 0.5) is 0 Å². The summed E-state index contributed by atoms with van der Waals surface area (Å²) in [5.41, 5.74) is 0. The van der Waals surface area contributed by atoms with E-state index >= 15 is 0 Å². The summed E-state index contributed by atoms with van der Waals surface area (Å²) in [5, 5.41) is 0. The van der Waals surface area contributed by atoms with Gasteiger partial charge in [0.15, 0.2) is 0 Å². The first-order valence-electron chi connectivity index (χ1n) is 9.74. The maximum absolute atomic E-state index is 11.9. The molecule has 0 aliphatic carbocycles. The van der Waals surface area contributed by atoms with Crippen molar-refractivity contribution < 1.29 is 27.0 Å². The van der Waals surface area contributed by atoms with Crippen LogP contribution in [0.2, 0.25) is 0 Å². The second kappa shape index (κ2) is 11.4. The summed E-state index contributed by atoms with van der Waals surface area (Å²) < 4.78 is 37.0. The van der Waals surface area contributed by atoms with Crippen LogP contribution in [0.1, 0.15) is 58.3 Å². The van der Waals surface area contributed by atoms with E-state index in [1.807, 2.05) is 0 Å². The summed E-state index contributed by atoms with van der Waals surface area (Å²) in [6.45, 7) is 4.24. The molecule has 0 bridgehead atoms. The highest BCUT2D eigenvalue weighted by atomic mass is 32.2. The minimum Gasteiger partial charge on any atom is -0.427 e. The SMILES string of the molecule is CCCCCCCC[N+](C)(C)CCCC(=O)Oc1ccc(S(=O)(=O)O)cc1. The number of carbonyl (C=O) groups is 1. The van der Waals surface area contributed by atoms with Gasteiger partial charge in [-0.05, 0) is 37.1 Å². The Morgan fingerprint density at radius 2 is 1.52 bits per heavy atom. The Bertz CT molecular complexity index is 668. The molecule has 0 amide bonds. The van der Waals surface area contributed by atoms with E-state index in [1.54, 1.807) is 0 Å². The average Bonchev–Trinajstić information content (AvgIpc) is 2.57. The fourth-order valence-corrected chi connectivity index (χ4v) is 3.43. The van der Waals surface area contributed by atoms with Crippen molar-refractivity contribution in [2.24, 2.45) is 0 Å². The number of nitrogens with zero attached hydrogens (tertiary/aromatic N) is 1. The molecule has 0 heterocycles. The molecular weight excluding hydrogens is 366 g/mol. The van der Waals surface area contributed by atoms with Crippen LogP contribution >= 0.6 is 0 Å². The molecule has 1 aromatic carbocycles. The predicted octanol–water partition coefficient (Wildman–Crippen LogP) is 4.06. The molecule has 0 radical (unpaired) electrons. The highest BCUT2D eigenvalue weighted by Crippen LogP contribution is 2.16. The van der Waals surface area contributed by atoms with E-state index in [9.17, 15) is 13.2 Å². The van der Waals surface area contributed by atoms with Crippen LogP contribution in [0.3, 0.4) is 0 Å². The minimum atomic E-state index is -4.24. The number of hydrogen-bond acceptors (Lipinski definition) is 4. The van der Waals surface area contributed by atoms with Gasteiger partial charge in [0.05, 0.1) is 38.5 Å². The van der Waals surface area contributed by atoms with E-state index < -0.39 is 10.1 Å². The smallest absolute Gasteiger partial charge is 0.311 e. The molecule has 27 heavy (non-hydrogen) atoms. The lowest BCUT2D eigenvalue weighted by molar-refractivity contribution is -0.890. The highest BCUT2D eigenvalue weighted by molar-refractivity contribution is 7.85. The van der Waals surface area contributed by atoms with Crippen LogP contribution in [0.25, 0.3) is 0 Å². The van der Waals surface area contributed by atoms with Gasteiger partial charge in [-0.25, -0.2) is 0 Å². The Labute approximate surface area is 163 Å². The van der Waals surface area contributed by atoms with E-state index in [0.717, 1.165) is 24.0 Å². The highest BCUT2D eigenvalue weighted by Gasteiger charge is 2.16. The third kappa shape index (κ3) is 10.5. The molecule has 1 aromatic rings. The number of esters is 1. The maximum atomic E-state index is 11.9. The van der Waals surface area contributed by atoms with Crippen molar-refractivity contribution in [1.29, 1.82) is 0 Å². The second-order valence-electron chi connectivity index (χ2n) is 7.67. The molecule has 0 spiro atoms. The van der Waals surface area contributed by atoms with Gasteiger partial charge in [-0.15, -0.1) is 0 Å². The lowest BCUT2D eigenvalue weighted by Crippen LogP contribution is -2.41. The van der Waals surface area contributed by atoms with Crippen molar-refractivity contribution in [3.8, 4) is 5.75 Å². The number of hydrogen-bond donors (Lipinski definition) is 1. The third-order valence-electron chi connectivity index (χ3n) is 4.61. The Morgan fingerprint density at radius 1 is 0.963 bits per heavy atom. The fourth-order valence-electron chi connectivity index (χ4n) is 2.95. The molecule has 1 rings (SSSR count). The molecule has 0 aliphatic rings. The van der Waals surface area contributed by atoms with Crippen molar-refractivity contribution in [3.63, 3.8) is 0 Å². The first-order valence-corrected chi connectivity index (χ1v) is 11.2. The van der Waals surface area contributed by atoms with Gasteiger partial charge in [-0.2, -0.15) is 8.42 Å². The summed E-state index contributed by atoms with van der Waals surface area (Å²) in [4.78, 5) is 11.7. The van der Waals surface area contributed by atoms with Gasteiger partial charge in [-0.3, -0.25) is 9.35 Å². The first-order chi connectivity index (χ1) is 12.6. The van der Waals surface area contributed by atoms with Crippen LogP contribution in [-0.2, 0) is 14.9 Å². The molecule has 0 atom stereocenters. The van der Waals surface area contributed by atoms with Crippen LogP contribution < -0.4 is 4.74 Å². The topological polar surface area (TPSA) is 80.7 Å². The van der Waals surface area contributed by atoms with Crippen LogP contribution in [0.5, 0.6) is 5.75 Å². The quantitative estimate of drug-likeness (QED) is 0.178. The van der Waals surface area contributed by atoms with Crippen molar-refractivity contribution in [2.75, 3.05) is 27.2 Å². The van der Waals surface area contributed by atoms with Crippen LogP contribution in [0, 0.1) is 0 Å². The van der Waals surface area contributed by atoms with E-state index in [0.29, 0.717) is 6.42 Å². The fraction of sp³-hybridized carbons (Fsp3) is 0.650. The third-order valence-corrected chi connectivity index (χ3v) is 5.48. The van der Waals surface area contributed by atoms with Crippen LogP contribution in [-0.4, -0.2) is 50.6 Å². The zero-order chi connectivity index (χ0) is 20.3. The summed E-state index contributed by atoms with van der Waals surface area (Å²) in [5.74, 6) is -0.0672. The van der Waals surface area contributed by atoms with Crippen molar-refractivity contribution in [2.45, 2.75) is 63.2 Å². The van der Waals surface area contributed by atoms with Gasteiger partial charge in [0.25, 0.3) is 10.1 Å². The molecule has 154 valence electrons. The average molecular weight is 401 g/mol. The van der Waals surface area contributed by atoms with Gasteiger partial charge >= 0.3 is 5.97 Å². The number of carbonyl (C=O) groups excluding carboxylic acids is 1. The summed E-state index contributed by atoms with van der Waals surface area (Å²) in [7, 11) is 0.136. The van der Waals surface area contributed by atoms with Gasteiger partial charge in [0, 0.05) is 6.42 Å². The Hall–Kier alpha value is -1.44. The number of ether oxygens (including phenoxy) is 1. The van der Waals surface area contributed by atoms with Crippen LogP contribution in [0.15, 0.2) is 29.2 Å². The van der Waals surface area contributed by atoms with E-state index in [-0.39, 0.29) is 16.6 Å². The van der Waals surface area contributed by atoms with Gasteiger partial charge in [-0.1, -0.05) is 32.6 Å². The molecule has 0 unspecified atom stereocenters. The molecule has 0 saturated carbocycles. The molecule has 0 fully saturated rings. The van der Waals surface area contributed by atoms with Gasteiger partial charge in [0.2, 0.25) is 0 Å². The number of benzene rings is 1. The molecule has 1 N–H and O–H groups in total. The Balaban J connectivity index is 2.27. The van der Waals surface area contributed by atoms with Gasteiger partial charge < -0.3 is 9.22 Å². The van der Waals surface area contributed by atoms with E-state index in [2.05, 4.69) is 21.0 Å². The molecule has 0 aromatic heterocycles. The zero-order valence-electron chi connectivity index (χ0n) is 16.8. The first kappa shape index (κ1) is 23.6. The summed E-state index contributed by atoms with van der Waals surface area (Å²) >= 11 is 0. The lowest BCUT2D eigenvalue weighted by Gasteiger charge is -2.29. The maximum Gasteiger partial charge on any atom is 0.311 e.